The minimum absolute atomic E-state index is 0.582. The fraction of sp³-hybridized carbons (Fsp3) is 0.643. The molecule has 0 aliphatic rings. The van der Waals surface area contributed by atoms with Crippen LogP contribution in [0.5, 0.6) is 0 Å². The number of nitrogens with zero attached hydrogens (tertiary/aromatic N) is 2. The maximum atomic E-state index is 4.33. The number of rotatable bonds is 7. The van der Waals surface area contributed by atoms with Gasteiger partial charge in [0.15, 0.2) is 0 Å². The van der Waals surface area contributed by atoms with E-state index in [0.717, 1.165) is 25.3 Å². The Morgan fingerprint density at radius 1 is 1.29 bits per heavy atom. The van der Waals surface area contributed by atoms with Gasteiger partial charge in [0.1, 0.15) is 0 Å². The number of nitrogens with one attached hydrogen (secondary N) is 1. The third-order valence-electron chi connectivity index (χ3n) is 3.12. The van der Waals surface area contributed by atoms with Crippen LogP contribution in [0.3, 0.4) is 0 Å². The van der Waals surface area contributed by atoms with Crippen molar-refractivity contribution in [3.63, 3.8) is 0 Å². The van der Waals surface area contributed by atoms with Gasteiger partial charge in [-0.15, -0.1) is 0 Å². The van der Waals surface area contributed by atoms with E-state index in [1.807, 2.05) is 18.3 Å². The molecule has 0 bridgehead atoms. The van der Waals surface area contributed by atoms with Gasteiger partial charge in [0.25, 0.3) is 0 Å². The Bertz CT molecular complexity index is 298. The highest BCUT2D eigenvalue weighted by atomic mass is 15.1. The summed E-state index contributed by atoms with van der Waals surface area (Å²) in [6.07, 6.45) is 1.85. The lowest BCUT2D eigenvalue weighted by atomic mass is 10.1. The second-order valence-electron chi connectivity index (χ2n) is 5.05. The average molecular weight is 235 g/mol. The molecule has 0 radical (unpaired) electrons. The minimum atomic E-state index is 0.582. The second-order valence-corrected chi connectivity index (χ2v) is 5.05. The van der Waals surface area contributed by atoms with Gasteiger partial charge in [0.05, 0.1) is 5.69 Å². The first-order chi connectivity index (χ1) is 8.09. The van der Waals surface area contributed by atoms with E-state index in [1.165, 1.54) is 0 Å². The Balaban J connectivity index is 2.20. The van der Waals surface area contributed by atoms with E-state index in [1.54, 1.807) is 0 Å². The fourth-order valence-electron chi connectivity index (χ4n) is 1.57. The number of hydrogen-bond acceptors (Lipinski definition) is 3. The molecule has 0 fully saturated rings. The van der Waals surface area contributed by atoms with Gasteiger partial charge in [-0.05, 0) is 32.0 Å². The first-order valence-electron chi connectivity index (χ1n) is 6.41. The smallest absolute Gasteiger partial charge is 0.0543 e. The van der Waals surface area contributed by atoms with Crippen LogP contribution in [-0.4, -0.2) is 36.1 Å². The Kier molecular flexibility index (Phi) is 6.16. The van der Waals surface area contributed by atoms with Crippen molar-refractivity contribution in [3.05, 3.63) is 30.1 Å². The Morgan fingerprint density at radius 2 is 2.06 bits per heavy atom. The van der Waals surface area contributed by atoms with Crippen LogP contribution in [0.1, 0.15) is 26.5 Å². The topological polar surface area (TPSA) is 28.2 Å². The van der Waals surface area contributed by atoms with E-state index in [4.69, 9.17) is 0 Å². The minimum Gasteiger partial charge on any atom is -0.313 e. The summed E-state index contributed by atoms with van der Waals surface area (Å²) < 4.78 is 0. The standard InChI is InChI=1S/C14H25N3/c1-12(2)13(3)15-9-10-17(4)11-14-7-5-6-8-16-14/h5-8,12-13,15H,9-11H2,1-4H3. The predicted octanol–water partition coefficient (Wildman–Crippen LogP) is 2.15. The first kappa shape index (κ1) is 14.1. The molecule has 1 aromatic rings. The number of aromatic nitrogens is 1. The number of pyridine rings is 1. The lowest BCUT2D eigenvalue weighted by Crippen LogP contribution is -2.36. The zero-order chi connectivity index (χ0) is 12.7. The Hall–Kier alpha value is -0.930. The molecule has 1 heterocycles. The number of hydrogen-bond donors (Lipinski definition) is 1. The number of likely N-dealkylation sites (N-methyl/N-ethyl adjacent to an activating group) is 1. The zero-order valence-corrected chi connectivity index (χ0v) is 11.5. The molecule has 1 unspecified atom stereocenters. The first-order valence-corrected chi connectivity index (χ1v) is 6.41. The normalized spacial score (nSPS) is 13.3. The summed E-state index contributed by atoms with van der Waals surface area (Å²) in [5.41, 5.74) is 1.13. The molecule has 96 valence electrons. The van der Waals surface area contributed by atoms with Crippen molar-refractivity contribution >= 4 is 0 Å². The molecule has 1 rings (SSSR count). The zero-order valence-electron chi connectivity index (χ0n) is 11.5. The SMILES string of the molecule is CC(C)C(C)NCCN(C)Cc1ccccn1. The van der Waals surface area contributed by atoms with Gasteiger partial charge in [-0.3, -0.25) is 9.88 Å². The van der Waals surface area contributed by atoms with E-state index < -0.39 is 0 Å². The Labute approximate surface area is 105 Å². The second kappa shape index (κ2) is 7.41. The summed E-state index contributed by atoms with van der Waals surface area (Å²) >= 11 is 0. The molecule has 3 heteroatoms. The van der Waals surface area contributed by atoms with E-state index in [9.17, 15) is 0 Å². The van der Waals surface area contributed by atoms with Gasteiger partial charge in [0, 0.05) is 31.9 Å². The maximum absolute atomic E-state index is 4.33. The van der Waals surface area contributed by atoms with Gasteiger partial charge in [-0.1, -0.05) is 19.9 Å². The molecule has 0 amide bonds. The van der Waals surface area contributed by atoms with Crippen molar-refractivity contribution in [1.29, 1.82) is 0 Å². The largest absolute Gasteiger partial charge is 0.313 e. The van der Waals surface area contributed by atoms with Crippen LogP contribution in [0.25, 0.3) is 0 Å². The Morgan fingerprint density at radius 3 is 2.65 bits per heavy atom. The molecule has 0 aliphatic carbocycles. The molecule has 1 atom stereocenters. The third kappa shape index (κ3) is 5.80. The highest BCUT2D eigenvalue weighted by Crippen LogP contribution is 2.00. The monoisotopic (exact) mass is 235 g/mol. The molecular weight excluding hydrogens is 210 g/mol. The molecule has 1 aromatic heterocycles. The summed E-state index contributed by atoms with van der Waals surface area (Å²) in [5.74, 6) is 0.691. The molecule has 17 heavy (non-hydrogen) atoms. The van der Waals surface area contributed by atoms with Crippen LogP contribution in [0.4, 0.5) is 0 Å². The van der Waals surface area contributed by atoms with Crippen LogP contribution >= 0.6 is 0 Å². The molecule has 3 nitrogen and oxygen atoms in total. The van der Waals surface area contributed by atoms with Crippen molar-refractivity contribution in [1.82, 2.24) is 15.2 Å². The highest BCUT2D eigenvalue weighted by Gasteiger charge is 2.06. The van der Waals surface area contributed by atoms with Gasteiger partial charge in [-0.25, -0.2) is 0 Å². The van der Waals surface area contributed by atoms with Crippen molar-refractivity contribution in [2.45, 2.75) is 33.4 Å². The van der Waals surface area contributed by atoms with Crippen LogP contribution in [0, 0.1) is 5.92 Å². The van der Waals surface area contributed by atoms with E-state index in [0.29, 0.717) is 12.0 Å². The van der Waals surface area contributed by atoms with Crippen LogP contribution in [-0.2, 0) is 6.54 Å². The summed E-state index contributed by atoms with van der Waals surface area (Å²) in [7, 11) is 2.14. The molecular formula is C14H25N3. The van der Waals surface area contributed by atoms with E-state index in [2.05, 4.69) is 49.1 Å². The average Bonchev–Trinajstić information content (AvgIpc) is 2.30. The lowest BCUT2D eigenvalue weighted by Gasteiger charge is -2.21. The summed E-state index contributed by atoms with van der Waals surface area (Å²) in [4.78, 5) is 6.62. The summed E-state index contributed by atoms with van der Waals surface area (Å²) in [6, 6.07) is 6.64. The molecule has 1 N–H and O–H groups in total. The van der Waals surface area contributed by atoms with Crippen LogP contribution < -0.4 is 5.32 Å². The molecule has 0 spiro atoms. The van der Waals surface area contributed by atoms with Crippen molar-refractivity contribution in [2.75, 3.05) is 20.1 Å². The van der Waals surface area contributed by atoms with Crippen LogP contribution in [0.2, 0.25) is 0 Å². The van der Waals surface area contributed by atoms with Crippen molar-refractivity contribution in [2.24, 2.45) is 5.92 Å². The fourth-order valence-corrected chi connectivity index (χ4v) is 1.57. The molecule has 0 aliphatic heterocycles. The molecule has 0 saturated carbocycles. The van der Waals surface area contributed by atoms with Gasteiger partial charge in [-0.2, -0.15) is 0 Å². The quantitative estimate of drug-likeness (QED) is 0.785. The molecule has 0 aromatic carbocycles. The lowest BCUT2D eigenvalue weighted by molar-refractivity contribution is 0.305. The van der Waals surface area contributed by atoms with Gasteiger partial charge >= 0.3 is 0 Å². The summed E-state index contributed by atoms with van der Waals surface area (Å²) in [5, 5.41) is 3.54. The van der Waals surface area contributed by atoms with E-state index >= 15 is 0 Å². The van der Waals surface area contributed by atoms with Crippen molar-refractivity contribution in [3.8, 4) is 0 Å². The van der Waals surface area contributed by atoms with E-state index in [-0.39, 0.29) is 0 Å². The summed E-state index contributed by atoms with van der Waals surface area (Å²) in [6.45, 7) is 9.73. The van der Waals surface area contributed by atoms with Crippen molar-refractivity contribution < 1.29 is 0 Å². The highest BCUT2D eigenvalue weighted by molar-refractivity contribution is 5.02. The maximum Gasteiger partial charge on any atom is 0.0543 e. The third-order valence-corrected chi connectivity index (χ3v) is 3.12. The predicted molar refractivity (Wildman–Crippen MR) is 72.9 cm³/mol. The van der Waals surface area contributed by atoms with Crippen LogP contribution in [0.15, 0.2) is 24.4 Å². The van der Waals surface area contributed by atoms with Gasteiger partial charge < -0.3 is 5.32 Å². The van der Waals surface area contributed by atoms with Gasteiger partial charge in [0.2, 0.25) is 0 Å². The molecule has 0 saturated heterocycles.